The summed E-state index contributed by atoms with van der Waals surface area (Å²) in [6.45, 7) is 0. The van der Waals surface area contributed by atoms with E-state index in [1.807, 2.05) is 30.3 Å². The number of rotatable bonds is 5. The summed E-state index contributed by atoms with van der Waals surface area (Å²) in [5.74, 6) is 0.646. The van der Waals surface area contributed by atoms with Crippen LogP contribution in [0.1, 0.15) is 33.9 Å². The maximum atomic E-state index is 12.5. The molecule has 1 atom stereocenters. The molecule has 29 heavy (non-hydrogen) atoms. The van der Waals surface area contributed by atoms with Gasteiger partial charge in [-0.15, -0.1) is 23.1 Å². The van der Waals surface area contributed by atoms with Gasteiger partial charge in [-0.05, 0) is 54.5 Å². The van der Waals surface area contributed by atoms with Gasteiger partial charge >= 0.3 is 0 Å². The third-order valence-corrected chi connectivity index (χ3v) is 7.29. The van der Waals surface area contributed by atoms with Crippen LogP contribution in [0.5, 0.6) is 0 Å². The van der Waals surface area contributed by atoms with Crippen molar-refractivity contribution in [1.82, 2.24) is 0 Å². The maximum absolute atomic E-state index is 12.5. The number of nitriles is 1. The first-order valence-corrected chi connectivity index (χ1v) is 11.3. The molecule has 1 heterocycles. The fourth-order valence-corrected chi connectivity index (χ4v) is 5.78. The number of hydrogen-bond acceptors (Lipinski definition) is 5. The fourth-order valence-electron chi connectivity index (χ4n) is 3.72. The van der Waals surface area contributed by atoms with Gasteiger partial charge in [0.15, 0.2) is 0 Å². The molecular weight excluding hydrogens is 398 g/mol. The molecule has 1 aliphatic carbocycles. The lowest BCUT2D eigenvalue weighted by Gasteiger charge is -2.22. The van der Waals surface area contributed by atoms with Crippen LogP contribution in [0.4, 0.5) is 10.7 Å². The molecule has 0 spiro atoms. The molecule has 3 N–H and O–H groups in total. The molecule has 3 aromatic rings. The van der Waals surface area contributed by atoms with Gasteiger partial charge in [-0.3, -0.25) is 4.79 Å². The van der Waals surface area contributed by atoms with E-state index in [2.05, 4.69) is 35.7 Å². The summed E-state index contributed by atoms with van der Waals surface area (Å²) < 4.78 is 0. The highest BCUT2D eigenvalue weighted by molar-refractivity contribution is 8.00. The lowest BCUT2D eigenvalue weighted by atomic mass is 9.83. The van der Waals surface area contributed by atoms with Gasteiger partial charge in [0.1, 0.15) is 11.1 Å². The smallest absolute Gasteiger partial charge is 0.235 e. The predicted octanol–water partition coefficient (Wildman–Crippen LogP) is 5.21. The SMILES string of the molecule is N#Cc1c(NC(=O)CSc2cccc(N)c2)sc2c1CCC(c1ccccc1)C2. The largest absolute Gasteiger partial charge is 0.399 e. The number of nitrogen functional groups attached to an aromatic ring is 1. The van der Waals surface area contributed by atoms with Crippen LogP contribution < -0.4 is 11.1 Å². The van der Waals surface area contributed by atoms with Gasteiger partial charge < -0.3 is 11.1 Å². The molecule has 0 bridgehead atoms. The average Bonchev–Trinajstić information content (AvgIpc) is 3.09. The minimum Gasteiger partial charge on any atom is -0.399 e. The van der Waals surface area contributed by atoms with E-state index >= 15 is 0 Å². The van der Waals surface area contributed by atoms with Crippen LogP contribution in [-0.2, 0) is 17.6 Å². The van der Waals surface area contributed by atoms with Gasteiger partial charge in [-0.1, -0.05) is 36.4 Å². The van der Waals surface area contributed by atoms with E-state index in [1.54, 1.807) is 11.3 Å². The van der Waals surface area contributed by atoms with E-state index in [0.29, 0.717) is 22.2 Å². The number of nitrogens with two attached hydrogens (primary N) is 1. The zero-order chi connectivity index (χ0) is 20.2. The molecule has 1 aromatic heterocycles. The number of thiophene rings is 1. The molecular formula is C23H21N3OS2. The van der Waals surface area contributed by atoms with E-state index in [1.165, 1.54) is 22.2 Å². The van der Waals surface area contributed by atoms with Gasteiger partial charge in [0, 0.05) is 15.5 Å². The molecule has 146 valence electrons. The van der Waals surface area contributed by atoms with Crippen LogP contribution >= 0.6 is 23.1 Å². The second-order valence-electron chi connectivity index (χ2n) is 7.08. The third-order valence-electron chi connectivity index (χ3n) is 5.13. The third kappa shape index (κ3) is 4.47. The molecule has 0 radical (unpaired) electrons. The number of benzene rings is 2. The second-order valence-corrected chi connectivity index (χ2v) is 9.23. The summed E-state index contributed by atoms with van der Waals surface area (Å²) in [6.07, 6.45) is 2.83. The highest BCUT2D eigenvalue weighted by Crippen LogP contribution is 2.42. The number of carbonyl (C=O) groups excluding carboxylic acids is 1. The minimum atomic E-state index is -0.105. The van der Waals surface area contributed by atoms with Gasteiger partial charge in [0.25, 0.3) is 0 Å². The van der Waals surface area contributed by atoms with Crippen molar-refractivity contribution in [2.24, 2.45) is 0 Å². The van der Waals surface area contributed by atoms with Crippen molar-refractivity contribution in [3.8, 4) is 6.07 Å². The van der Waals surface area contributed by atoms with E-state index in [-0.39, 0.29) is 11.7 Å². The number of thioether (sulfide) groups is 1. The van der Waals surface area contributed by atoms with Crippen LogP contribution in [0.3, 0.4) is 0 Å². The van der Waals surface area contributed by atoms with Crippen LogP contribution in [0.25, 0.3) is 0 Å². The van der Waals surface area contributed by atoms with Gasteiger partial charge in [0.2, 0.25) is 5.91 Å². The minimum absolute atomic E-state index is 0.105. The van der Waals surface area contributed by atoms with E-state index in [0.717, 1.165) is 29.7 Å². The highest BCUT2D eigenvalue weighted by atomic mass is 32.2. The Bertz CT molecular complexity index is 1070. The van der Waals surface area contributed by atoms with Crippen molar-refractivity contribution in [2.75, 3.05) is 16.8 Å². The molecule has 0 saturated carbocycles. The zero-order valence-electron chi connectivity index (χ0n) is 15.9. The second kappa shape index (κ2) is 8.73. The number of hydrogen-bond donors (Lipinski definition) is 2. The molecule has 4 nitrogen and oxygen atoms in total. The zero-order valence-corrected chi connectivity index (χ0v) is 17.5. The normalized spacial score (nSPS) is 15.3. The van der Waals surface area contributed by atoms with E-state index < -0.39 is 0 Å². The van der Waals surface area contributed by atoms with E-state index in [9.17, 15) is 10.1 Å². The number of carbonyl (C=O) groups is 1. The standard InChI is InChI=1S/C23H21N3OS2/c24-13-20-19-10-9-16(15-5-2-1-3-6-15)11-21(19)29-23(20)26-22(27)14-28-18-8-4-7-17(25)12-18/h1-8,12,16H,9-11,14,25H2,(H,26,27). The average molecular weight is 420 g/mol. The van der Waals surface area contributed by atoms with Crippen molar-refractivity contribution in [2.45, 2.75) is 30.1 Å². The lowest BCUT2D eigenvalue weighted by Crippen LogP contribution is -2.14. The van der Waals surface area contributed by atoms with Crippen molar-refractivity contribution in [1.29, 1.82) is 5.26 Å². The molecule has 6 heteroatoms. The lowest BCUT2D eigenvalue weighted by molar-refractivity contribution is -0.113. The number of anilines is 2. The molecule has 2 aromatic carbocycles. The molecule has 0 saturated heterocycles. The summed E-state index contributed by atoms with van der Waals surface area (Å²) in [7, 11) is 0. The molecule has 0 fully saturated rings. The van der Waals surface area contributed by atoms with Crippen LogP contribution in [0.15, 0.2) is 59.5 Å². The number of fused-ring (bicyclic) bond motifs is 1. The van der Waals surface area contributed by atoms with Crippen LogP contribution in [0.2, 0.25) is 0 Å². The Balaban J connectivity index is 1.45. The van der Waals surface area contributed by atoms with Gasteiger partial charge in [-0.25, -0.2) is 0 Å². The Morgan fingerprint density at radius 3 is 2.83 bits per heavy atom. The van der Waals surface area contributed by atoms with E-state index in [4.69, 9.17) is 5.73 Å². The van der Waals surface area contributed by atoms with Gasteiger partial charge in [-0.2, -0.15) is 5.26 Å². The number of nitrogens with one attached hydrogen (secondary N) is 1. The summed E-state index contributed by atoms with van der Waals surface area (Å²) >= 11 is 2.99. The Kier molecular flexibility index (Phi) is 5.89. The maximum Gasteiger partial charge on any atom is 0.235 e. The Morgan fingerprint density at radius 2 is 2.07 bits per heavy atom. The number of amides is 1. The summed E-state index contributed by atoms with van der Waals surface area (Å²) in [5, 5.41) is 13.3. The molecule has 1 aliphatic rings. The molecule has 1 amide bonds. The monoisotopic (exact) mass is 419 g/mol. The van der Waals surface area contributed by atoms with Crippen LogP contribution in [-0.4, -0.2) is 11.7 Å². The summed E-state index contributed by atoms with van der Waals surface area (Å²) in [5.41, 5.74) is 9.56. The Hall–Kier alpha value is -2.75. The van der Waals surface area contributed by atoms with Crippen molar-refractivity contribution < 1.29 is 4.79 Å². The topological polar surface area (TPSA) is 78.9 Å². The quantitative estimate of drug-likeness (QED) is 0.440. The summed E-state index contributed by atoms with van der Waals surface area (Å²) in [4.78, 5) is 14.6. The first-order chi connectivity index (χ1) is 14.1. The van der Waals surface area contributed by atoms with Crippen LogP contribution in [0, 0.1) is 11.3 Å². The molecule has 4 rings (SSSR count). The first kappa shape index (κ1) is 19.6. The highest BCUT2D eigenvalue weighted by Gasteiger charge is 2.27. The Labute approximate surface area is 178 Å². The van der Waals surface area contributed by atoms with Crippen molar-refractivity contribution >= 4 is 39.7 Å². The molecule has 0 aliphatic heterocycles. The van der Waals surface area contributed by atoms with Crippen molar-refractivity contribution in [3.63, 3.8) is 0 Å². The summed E-state index contributed by atoms with van der Waals surface area (Å²) in [6, 6.07) is 20.3. The van der Waals surface area contributed by atoms with Crippen molar-refractivity contribution in [3.05, 3.63) is 76.2 Å². The predicted molar refractivity (Wildman–Crippen MR) is 120 cm³/mol. The molecule has 1 unspecified atom stereocenters. The first-order valence-electron chi connectivity index (χ1n) is 9.52. The van der Waals surface area contributed by atoms with Gasteiger partial charge in [0.05, 0.1) is 11.3 Å². The Morgan fingerprint density at radius 1 is 1.24 bits per heavy atom. The fraction of sp³-hybridized carbons (Fsp3) is 0.217. The number of nitrogens with zero attached hydrogens (tertiary/aromatic N) is 1.